The predicted octanol–water partition coefficient (Wildman–Crippen LogP) is 12.0. The molecule has 6 heteroatoms. The van der Waals surface area contributed by atoms with Gasteiger partial charge in [-0.05, 0) is 52.6 Å². The van der Waals surface area contributed by atoms with Crippen LogP contribution in [0, 0.1) is 0 Å². The van der Waals surface area contributed by atoms with E-state index in [2.05, 4.69) is 132 Å². The van der Waals surface area contributed by atoms with Crippen LogP contribution in [0.2, 0.25) is 0 Å². The summed E-state index contributed by atoms with van der Waals surface area (Å²) in [7, 11) is 0. The van der Waals surface area contributed by atoms with Gasteiger partial charge in [-0.2, -0.15) is 0 Å². The van der Waals surface area contributed by atoms with Crippen LogP contribution in [0.4, 0.5) is 0 Å². The van der Waals surface area contributed by atoms with E-state index in [1.165, 1.54) is 0 Å². The minimum Gasteiger partial charge on any atom is -0.265 e. The molecule has 0 aliphatic carbocycles. The summed E-state index contributed by atoms with van der Waals surface area (Å²) < 4.78 is 0. The summed E-state index contributed by atoms with van der Waals surface area (Å²) in [6.45, 7) is 0. The standard InChI is InChI=1S/C50H32N6/c1-4-11-34(12-5-1)43-32-45(35-13-6-2-7-14-35)53-47-42(43)25-23-36-24-26-44(52-46(36)47)41-18-10-17-40(31-41)33-19-21-38(22-20-33)49-54-48(37-15-8-3-9-16-37)55-50(56-49)39-27-29-51-30-28-39/h1-32H. The molecule has 0 N–H and O–H groups in total. The fourth-order valence-corrected chi connectivity index (χ4v) is 7.17. The zero-order valence-electron chi connectivity index (χ0n) is 30.2. The maximum Gasteiger partial charge on any atom is 0.164 e. The molecule has 0 aliphatic heterocycles. The average Bonchev–Trinajstić information content (AvgIpc) is 3.29. The van der Waals surface area contributed by atoms with Gasteiger partial charge in [0, 0.05) is 51.0 Å². The first-order valence-electron chi connectivity index (χ1n) is 18.5. The Labute approximate surface area is 324 Å². The van der Waals surface area contributed by atoms with E-state index < -0.39 is 0 Å². The molecule has 0 saturated carbocycles. The second-order valence-corrected chi connectivity index (χ2v) is 13.6. The van der Waals surface area contributed by atoms with Crippen LogP contribution >= 0.6 is 0 Å². The maximum absolute atomic E-state index is 5.31. The molecule has 6 nitrogen and oxygen atoms in total. The number of benzene rings is 6. The molecule has 0 amide bonds. The highest BCUT2D eigenvalue weighted by atomic mass is 15.0. The summed E-state index contributed by atoms with van der Waals surface area (Å²) in [4.78, 5) is 29.3. The van der Waals surface area contributed by atoms with Crippen molar-refractivity contribution < 1.29 is 0 Å². The number of pyridine rings is 3. The van der Waals surface area contributed by atoms with Crippen LogP contribution in [0.3, 0.4) is 0 Å². The van der Waals surface area contributed by atoms with E-state index in [0.29, 0.717) is 17.5 Å². The predicted molar refractivity (Wildman–Crippen MR) is 226 cm³/mol. The zero-order valence-corrected chi connectivity index (χ0v) is 30.2. The van der Waals surface area contributed by atoms with Gasteiger partial charge in [-0.3, -0.25) is 4.98 Å². The third-order valence-corrected chi connectivity index (χ3v) is 10.0. The van der Waals surface area contributed by atoms with E-state index in [-0.39, 0.29) is 0 Å². The Morgan fingerprint density at radius 3 is 1.48 bits per heavy atom. The summed E-state index contributed by atoms with van der Waals surface area (Å²) in [5, 5.41) is 2.12. The van der Waals surface area contributed by atoms with Crippen LogP contribution in [0.25, 0.3) is 101 Å². The maximum atomic E-state index is 5.31. The molecule has 0 fully saturated rings. The molecular formula is C50H32N6. The lowest BCUT2D eigenvalue weighted by Gasteiger charge is -2.13. The Bertz CT molecular complexity index is 2930. The van der Waals surface area contributed by atoms with Gasteiger partial charge in [0.05, 0.1) is 22.4 Å². The van der Waals surface area contributed by atoms with Gasteiger partial charge in [0.15, 0.2) is 17.5 Å². The van der Waals surface area contributed by atoms with Crippen molar-refractivity contribution in [1.29, 1.82) is 0 Å². The molecule has 0 aliphatic rings. The molecule has 56 heavy (non-hydrogen) atoms. The topological polar surface area (TPSA) is 77.3 Å². The van der Waals surface area contributed by atoms with Crippen molar-refractivity contribution >= 4 is 21.8 Å². The molecule has 0 radical (unpaired) electrons. The number of hydrogen-bond donors (Lipinski definition) is 0. The van der Waals surface area contributed by atoms with Crippen LogP contribution in [0.15, 0.2) is 194 Å². The van der Waals surface area contributed by atoms with Crippen LogP contribution in [0.5, 0.6) is 0 Å². The van der Waals surface area contributed by atoms with E-state index in [9.17, 15) is 0 Å². The number of rotatable bonds is 7. The van der Waals surface area contributed by atoms with Gasteiger partial charge in [-0.25, -0.2) is 24.9 Å². The Kier molecular flexibility index (Phi) is 8.39. The lowest BCUT2D eigenvalue weighted by Crippen LogP contribution is -2.00. The van der Waals surface area contributed by atoms with Gasteiger partial charge in [-0.1, -0.05) is 152 Å². The Morgan fingerprint density at radius 1 is 0.286 bits per heavy atom. The SMILES string of the molecule is c1ccc(-c2cc(-c3ccccc3)c3ccc4ccc(-c5cccc(-c6ccc(-c7nc(-c8ccccc8)nc(-c8ccncc8)n7)cc6)c5)nc4c3n2)cc1. The summed E-state index contributed by atoms with van der Waals surface area (Å²) in [5.41, 5.74) is 12.8. The molecule has 10 rings (SSSR count). The first-order valence-corrected chi connectivity index (χ1v) is 18.5. The molecule has 0 atom stereocenters. The molecule has 6 aromatic carbocycles. The fourth-order valence-electron chi connectivity index (χ4n) is 7.17. The lowest BCUT2D eigenvalue weighted by molar-refractivity contribution is 1.07. The van der Waals surface area contributed by atoms with Gasteiger partial charge < -0.3 is 0 Å². The van der Waals surface area contributed by atoms with Crippen molar-refractivity contribution in [2.45, 2.75) is 0 Å². The van der Waals surface area contributed by atoms with Crippen molar-refractivity contribution in [2.75, 3.05) is 0 Å². The molecule has 4 heterocycles. The normalized spacial score (nSPS) is 11.2. The molecule has 0 unspecified atom stereocenters. The number of nitrogens with zero attached hydrogens (tertiary/aromatic N) is 6. The van der Waals surface area contributed by atoms with Crippen LogP contribution < -0.4 is 0 Å². The van der Waals surface area contributed by atoms with Crippen LogP contribution in [-0.4, -0.2) is 29.9 Å². The summed E-state index contributed by atoms with van der Waals surface area (Å²) >= 11 is 0. The molecule has 262 valence electrons. The largest absolute Gasteiger partial charge is 0.265 e. The molecule has 0 spiro atoms. The number of hydrogen-bond acceptors (Lipinski definition) is 6. The minimum absolute atomic E-state index is 0.603. The highest BCUT2D eigenvalue weighted by molar-refractivity contribution is 6.09. The third kappa shape index (κ3) is 6.35. The van der Waals surface area contributed by atoms with Crippen molar-refractivity contribution in [3.63, 3.8) is 0 Å². The van der Waals surface area contributed by atoms with Crippen molar-refractivity contribution in [1.82, 2.24) is 29.9 Å². The first kappa shape index (κ1) is 32.9. The summed E-state index contributed by atoms with van der Waals surface area (Å²) in [5.74, 6) is 1.84. The van der Waals surface area contributed by atoms with Gasteiger partial charge in [-0.15, -0.1) is 0 Å². The molecule has 0 bridgehead atoms. The smallest absolute Gasteiger partial charge is 0.164 e. The van der Waals surface area contributed by atoms with E-state index in [4.69, 9.17) is 24.9 Å². The van der Waals surface area contributed by atoms with Gasteiger partial charge in [0.1, 0.15) is 0 Å². The molecular weight excluding hydrogens is 685 g/mol. The minimum atomic E-state index is 0.603. The van der Waals surface area contributed by atoms with Gasteiger partial charge in [0.25, 0.3) is 0 Å². The zero-order chi connectivity index (χ0) is 37.3. The second kappa shape index (κ2) is 14.3. The highest BCUT2D eigenvalue weighted by Crippen LogP contribution is 2.36. The fraction of sp³-hybridized carbons (Fsp3) is 0. The summed E-state index contributed by atoms with van der Waals surface area (Å²) in [6, 6.07) is 62.4. The Morgan fingerprint density at radius 2 is 0.804 bits per heavy atom. The Hall–Kier alpha value is -7.70. The van der Waals surface area contributed by atoms with E-state index in [0.717, 1.165) is 83.3 Å². The second-order valence-electron chi connectivity index (χ2n) is 13.6. The number of aromatic nitrogens is 6. The summed E-state index contributed by atoms with van der Waals surface area (Å²) in [6.07, 6.45) is 3.50. The lowest BCUT2D eigenvalue weighted by atomic mass is 9.96. The van der Waals surface area contributed by atoms with Crippen LogP contribution in [-0.2, 0) is 0 Å². The van der Waals surface area contributed by atoms with E-state index in [1.807, 2.05) is 54.6 Å². The average molecular weight is 717 g/mol. The first-order chi connectivity index (χ1) is 27.7. The van der Waals surface area contributed by atoms with Gasteiger partial charge >= 0.3 is 0 Å². The molecule has 4 aromatic heterocycles. The third-order valence-electron chi connectivity index (χ3n) is 10.0. The quantitative estimate of drug-likeness (QED) is 0.153. The molecule has 0 saturated heterocycles. The number of fused-ring (bicyclic) bond motifs is 3. The van der Waals surface area contributed by atoms with Crippen molar-refractivity contribution in [3.05, 3.63) is 194 Å². The Balaban J connectivity index is 1.03. The van der Waals surface area contributed by atoms with E-state index >= 15 is 0 Å². The highest BCUT2D eigenvalue weighted by Gasteiger charge is 2.15. The van der Waals surface area contributed by atoms with Gasteiger partial charge in [0.2, 0.25) is 0 Å². The van der Waals surface area contributed by atoms with E-state index in [1.54, 1.807) is 12.4 Å². The molecule has 10 aromatic rings. The monoisotopic (exact) mass is 716 g/mol. The van der Waals surface area contributed by atoms with Crippen molar-refractivity contribution in [3.8, 4) is 78.9 Å². The van der Waals surface area contributed by atoms with Crippen molar-refractivity contribution in [2.24, 2.45) is 0 Å². The van der Waals surface area contributed by atoms with Crippen LogP contribution in [0.1, 0.15) is 0 Å².